The van der Waals surface area contributed by atoms with E-state index >= 15 is 0 Å². The highest BCUT2D eigenvalue weighted by Crippen LogP contribution is 2.35. The molecule has 3 aliphatic rings. The molecule has 0 radical (unpaired) electrons. The molecule has 1 aromatic heterocycles. The third-order valence-electron chi connectivity index (χ3n) is 6.72. The summed E-state index contributed by atoms with van der Waals surface area (Å²) >= 11 is 0. The summed E-state index contributed by atoms with van der Waals surface area (Å²) in [5, 5.41) is 0. The summed E-state index contributed by atoms with van der Waals surface area (Å²) in [4.78, 5) is 22.3. The highest BCUT2D eigenvalue weighted by Gasteiger charge is 2.38. The first-order valence-electron chi connectivity index (χ1n) is 11.0. The van der Waals surface area contributed by atoms with Gasteiger partial charge in [-0.25, -0.2) is 4.98 Å². The van der Waals surface area contributed by atoms with Crippen LogP contribution >= 0.6 is 24.8 Å². The molecule has 1 aliphatic carbocycles. The minimum Gasteiger partial charge on any atom is -0.441 e. The monoisotopic (exact) mass is 466 g/mol. The summed E-state index contributed by atoms with van der Waals surface area (Å²) in [5.41, 5.74) is 7.89. The van der Waals surface area contributed by atoms with E-state index in [1.807, 2.05) is 35.2 Å². The van der Waals surface area contributed by atoms with Crippen LogP contribution < -0.4 is 5.73 Å². The molecule has 2 N–H and O–H groups in total. The fourth-order valence-corrected chi connectivity index (χ4v) is 4.83. The molecule has 1 saturated carbocycles. The lowest BCUT2D eigenvalue weighted by Crippen LogP contribution is -2.44. The molecule has 2 aliphatic heterocycles. The lowest BCUT2D eigenvalue weighted by atomic mass is 10.1. The van der Waals surface area contributed by atoms with Gasteiger partial charge in [0.1, 0.15) is 11.5 Å². The van der Waals surface area contributed by atoms with Crippen LogP contribution in [0.1, 0.15) is 43.6 Å². The highest BCUT2D eigenvalue weighted by molar-refractivity contribution is 5.85. The van der Waals surface area contributed by atoms with Crippen LogP contribution in [-0.4, -0.2) is 52.4 Å². The quantitative estimate of drug-likeness (QED) is 0.702. The summed E-state index contributed by atoms with van der Waals surface area (Å²) < 4.78 is 5.98. The van der Waals surface area contributed by atoms with E-state index in [1.165, 1.54) is 12.8 Å². The molecule has 1 aromatic carbocycles. The highest BCUT2D eigenvalue weighted by atomic mass is 35.5. The normalized spacial score (nSPS) is 23.1. The Balaban J connectivity index is 0.00000136. The van der Waals surface area contributed by atoms with E-state index in [4.69, 9.17) is 10.2 Å². The number of carbonyl (C=O) groups is 1. The number of nitrogens with zero attached hydrogens (tertiary/aromatic N) is 3. The summed E-state index contributed by atoms with van der Waals surface area (Å²) in [6, 6.07) is 10.7. The molecule has 5 rings (SSSR count). The second-order valence-corrected chi connectivity index (χ2v) is 8.79. The van der Waals surface area contributed by atoms with Gasteiger partial charge in [-0.15, -0.1) is 24.8 Å². The Hall–Kier alpha value is -1.60. The van der Waals surface area contributed by atoms with Crippen molar-refractivity contribution in [3.63, 3.8) is 0 Å². The van der Waals surface area contributed by atoms with Crippen molar-refractivity contribution in [3.8, 4) is 11.5 Å². The number of rotatable bonds is 6. The molecule has 31 heavy (non-hydrogen) atoms. The van der Waals surface area contributed by atoms with Gasteiger partial charge in [0.15, 0.2) is 0 Å². The number of hydrogen-bond acceptors (Lipinski definition) is 5. The molecule has 6 nitrogen and oxygen atoms in total. The molecule has 0 spiro atoms. The molecule has 1 saturated heterocycles. The van der Waals surface area contributed by atoms with Crippen molar-refractivity contribution in [2.75, 3.05) is 19.6 Å². The minimum atomic E-state index is 0. The van der Waals surface area contributed by atoms with Crippen molar-refractivity contribution in [2.24, 2.45) is 11.7 Å². The number of benzene rings is 1. The van der Waals surface area contributed by atoms with Crippen LogP contribution in [0.3, 0.4) is 0 Å². The predicted molar refractivity (Wildman–Crippen MR) is 125 cm³/mol. The summed E-state index contributed by atoms with van der Waals surface area (Å²) in [6.07, 6.45) is 6.21. The molecular weight excluding hydrogens is 435 g/mol. The molecule has 0 unspecified atom stereocenters. The lowest BCUT2D eigenvalue weighted by molar-refractivity contribution is -0.133. The van der Waals surface area contributed by atoms with E-state index in [9.17, 15) is 4.79 Å². The summed E-state index contributed by atoms with van der Waals surface area (Å²) in [5.74, 6) is 2.64. The molecule has 170 valence electrons. The van der Waals surface area contributed by atoms with Crippen molar-refractivity contribution < 1.29 is 9.21 Å². The van der Waals surface area contributed by atoms with Gasteiger partial charge in [0.2, 0.25) is 11.8 Å². The van der Waals surface area contributed by atoms with E-state index < -0.39 is 0 Å². The number of halogens is 2. The van der Waals surface area contributed by atoms with Crippen LogP contribution in [-0.2, 0) is 17.8 Å². The van der Waals surface area contributed by atoms with Crippen LogP contribution in [0.4, 0.5) is 0 Å². The van der Waals surface area contributed by atoms with E-state index in [0.29, 0.717) is 44.0 Å². The van der Waals surface area contributed by atoms with Gasteiger partial charge >= 0.3 is 0 Å². The van der Waals surface area contributed by atoms with Gasteiger partial charge in [-0.3, -0.25) is 9.69 Å². The SMILES string of the molecule is Cl.Cl.NC[C@H]1CC[C@@H](CC(=O)N2CCc3oc(-c4ccccc4)nc3C2)N1CC1CC1. The Morgan fingerprint density at radius 2 is 1.84 bits per heavy atom. The number of carbonyl (C=O) groups excluding carboxylic acids is 1. The molecular formula is C23H32Cl2N4O2. The molecule has 2 fully saturated rings. The molecule has 3 heterocycles. The molecule has 2 atom stereocenters. The van der Waals surface area contributed by atoms with E-state index in [2.05, 4.69) is 9.88 Å². The minimum absolute atomic E-state index is 0. The first-order valence-corrected chi connectivity index (χ1v) is 11.0. The van der Waals surface area contributed by atoms with E-state index in [-0.39, 0.29) is 30.7 Å². The number of likely N-dealkylation sites (tertiary alicyclic amines) is 1. The van der Waals surface area contributed by atoms with Gasteiger partial charge in [0, 0.05) is 50.1 Å². The average Bonchev–Trinajstić information content (AvgIpc) is 3.34. The zero-order valence-corrected chi connectivity index (χ0v) is 19.4. The third kappa shape index (κ3) is 5.25. The zero-order valence-electron chi connectivity index (χ0n) is 17.7. The Morgan fingerprint density at radius 3 is 2.55 bits per heavy atom. The van der Waals surface area contributed by atoms with Gasteiger partial charge in [0.25, 0.3) is 0 Å². The van der Waals surface area contributed by atoms with Gasteiger partial charge in [-0.1, -0.05) is 18.2 Å². The number of aromatic nitrogens is 1. The van der Waals surface area contributed by atoms with E-state index in [0.717, 1.165) is 48.7 Å². The zero-order chi connectivity index (χ0) is 19.8. The number of nitrogens with two attached hydrogens (primary N) is 1. The molecule has 8 heteroatoms. The molecule has 1 amide bonds. The summed E-state index contributed by atoms with van der Waals surface area (Å²) in [6.45, 7) is 3.09. The maximum atomic E-state index is 13.1. The summed E-state index contributed by atoms with van der Waals surface area (Å²) in [7, 11) is 0. The molecule has 2 aromatic rings. The maximum absolute atomic E-state index is 13.1. The van der Waals surface area contributed by atoms with Gasteiger partial charge in [-0.05, 0) is 43.7 Å². The van der Waals surface area contributed by atoms with Gasteiger partial charge in [-0.2, -0.15) is 0 Å². The Kier molecular flexibility index (Phi) is 8.03. The average molecular weight is 467 g/mol. The number of hydrogen-bond donors (Lipinski definition) is 1. The third-order valence-corrected chi connectivity index (χ3v) is 6.72. The molecule has 0 bridgehead atoms. The Morgan fingerprint density at radius 1 is 1.10 bits per heavy atom. The number of fused-ring (bicyclic) bond motifs is 1. The largest absolute Gasteiger partial charge is 0.441 e. The predicted octanol–water partition coefficient (Wildman–Crippen LogP) is 3.66. The first-order chi connectivity index (χ1) is 14.2. The van der Waals surface area contributed by atoms with Gasteiger partial charge in [0.05, 0.1) is 6.54 Å². The fourth-order valence-electron chi connectivity index (χ4n) is 4.83. The van der Waals surface area contributed by atoms with Crippen molar-refractivity contribution in [1.82, 2.24) is 14.8 Å². The van der Waals surface area contributed by atoms with Gasteiger partial charge < -0.3 is 15.1 Å². The smallest absolute Gasteiger partial charge is 0.226 e. The van der Waals surface area contributed by atoms with Crippen molar-refractivity contribution in [2.45, 2.75) is 57.2 Å². The van der Waals surface area contributed by atoms with E-state index in [1.54, 1.807) is 0 Å². The van der Waals surface area contributed by atoms with Crippen molar-refractivity contribution >= 4 is 30.7 Å². The fraction of sp³-hybridized carbons (Fsp3) is 0.565. The van der Waals surface area contributed by atoms with Crippen molar-refractivity contribution in [3.05, 3.63) is 41.8 Å². The topological polar surface area (TPSA) is 75.6 Å². The van der Waals surface area contributed by atoms with Crippen molar-refractivity contribution in [1.29, 1.82) is 0 Å². The maximum Gasteiger partial charge on any atom is 0.226 e. The van der Waals surface area contributed by atoms with Crippen LogP contribution in [0.2, 0.25) is 0 Å². The van der Waals surface area contributed by atoms with Crippen LogP contribution in [0.15, 0.2) is 34.7 Å². The standard InChI is InChI=1S/C23H30N4O2.2ClH/c24-13-19-9-8-18(27(19)14-16-6-7-16)12-22(28)26-11-10-21-20(15-26)25-23(29-21)17-4-2-1-3-5-17;;/h1-5,16,18-19H,6-15,24H2;2*1H/t18-,19+;;/m0../s1. The second kappa shape index (κ2) is 10.3. The van der Waals surface area contributed by atoms with Crippen LogP contribution in [0.5, 0.6) is 0 Å². The number of oxazole rings is 1. The van der Waals surface area contributed by atoms with Crippen LogP contribution in [0.25, 0.3) is 11.5 Å². The van der Waals surface area contributed by atoms with Crippen LogP contribution in [0, 0.1) is 5.92 Å². The Bertz CT molecular complexity index is 872. The second-order valence-electron chi connectivity index (χ2n) is 8.79. The lowest BCUT2D eigenvalue weighted by Gasteiger charge is -2.32. The Labute approximate surface area is 196 Å². The first kappa shape index (κ1) is 24.1. The number of amides is 1.